The van der Waals surface area contributed by atoms with Crippen LogP contribution in [0.1, 0.15) is 17.5 Å². The van der Waals surface area contributed by atoms with Gasteiger partial charge in [-0.05, 0) is 50.1 Å². The van der Waals surface area contributed by atoms with Gasteiger partial charge in [0.15, 0.2) is 0 Å². The zero-order chi connectivity index (χ0) is 18.4. The van der Waals surface area contributed by atoms with Crippen molar-refractivity contribution in [3.8, 4) is 11.5 Å². The van der Waals surface area contributed by atoms with Gasteiger partial charge in [-0.3, -0.25) is 15.0 Å². The normalized spacial score (nSPS) is 15.0. The molecule has 1 heterocycles. The predicted molar refractivity (Wildman–Crippen MR) is 99.9 cm³/mol. The first-order chi connectivity index (χ1) is 12.6. The van der Waals surface area contributed by atoms with Crippen LogP contribution >= 0.6 is 0 Å². The van der Waals surface area contributed by atoms with E-state index >= 15 is 0 Å². The maximum atomic E-state index is 11.4. The second-order valence-electron chi connectivity index (χ2n) is 6.53. The Hall–Kier alpha value is -2.44. The summed E-state index contributed by atoms with van der Waals surface area (Å²) in [6.07, 6.45) is 1.78. The van der Waals surface area contributed by atoms with Crippen LogP contribution in [0.4, 0.5) is 5.69 Å². The summed E-state index contributed by atoms with van der Waals surface area (Å²) in [5.41, 5.74) is 2.08. The molecule has 6 nitrogen and oxygen atoms in total. The molecule has 0 aromatic heterocycles. The first kappa shape index (κ1) is 18.4. The van der Waals surface area contributed by atoms with Gasteiger partial charge in [0.05, 0.1) is 18.1 Å². The van der Waals surface area contributed by atoms with Gasteiger partial charge in [0.1, 0.15) is 5.75 Å². The maximum Gasteiger partial charge on any atom is 0.311 e. The van der Waals surface area contributed by atoms with Gasteiger partial charge in [-0.2, -0.15) is 0 Å². The number of nitrogens with zero attached hydrogens (tertiary/aromatic N) is 2. The molecule has 6 heteroatoms. The van der Waals surface area contributed by atoms with Crippen molar-refractivity contribution in [2.75, 3.05) is 32.8 Å². The minimum absolute atomic E-state index is 0.00875. The van der Waals surface area contributed by atoms with E-state index in [0.29, 0.717) is 5.75 Å². The average molecular weight is 356 g/mol. The third kappa shape index (κ3) is 5.03. The van der Waals surface area contributed by atoms with Crippen molar-refractivity contribution < 1.29 is 14.4 Å². The van der Waals surface area contributed by atoms with Gasteiger partial charge in [-0.25, -0.2) is 0 Å². The molecule has 0 unspecified atom stereocenters. The highest BCUT2D eigenvalue weighted by molar-refractivity contribution is 5.50. The van der Waals surface area contributed by atoms with E-state index in [1.807, 2.05) is 37.3 Å². The highest BCUT2D eigenvalue weighted by atomic mass is 16.6. The van der Waals surface area contributed by atoms with Crippen LogP contribution in [0, 0.1) is 17.0 Å². The Labute approximate surface area is 153 Å². The van der Waals surface area contributed by atoms with Crippen LogP contribution < -0.4 is 4.74 Å². The third-order valence-electron chi connectivity index (χ3n) is 4.51. The van der Waals surface area contributed by atoms with E-state index in [9.17, 15) is 10.1 Å². The summed E-state index contributed by atoms with van der Waals surface area (Å²) in [6.45, 7) is 6.47. The first-order valence-electron chi connectivity index (χ1n) is 8.94. The molecule has 0 amide bonds. The molecule has 0 spiro atoms. The molecule has 2 aromatic rings. The Morgan fingerprint density at radius 2 is 1.88 bits per heavy atom. The van der Waals surface area contributed by atoms with Crippen LogP contribution in [0.2, 0.25) is 0 Å². The molecule has 1 saturated heterocycles. The Kier molecular flexibility index (Phi) is 6.20. The van der Waals surface area contributed by atoms with Crippen molar-refractivity contribution in [3.05, 3.63) is 63.7 Å². The Balaban J connectivity index is 1.64. The fourth-order valence-electron chi connectivity index (χ4n) is 3.01. The molecular formula is C20H24N2O4. The second-order valence-corrected chi connectivity index (χ2v) is 6.53. The summed E-state index contributed by atoms with van der Waals surface area (Å²) in [7, 11) is 0. The lowest BCUT2D eigenvalue weighted by Gasteiger charge is -2.26. The molecule has 1 aliphatic rings. The number of nitro groups is 1. The van der Waals surface area contributed by atoms with E-state index in [-0.39, 0.29) is 16.4 Å². The number of aryl methyl sites for hydroxylation is 2. The lowest BCUT2D eigenvalue weighted by molar-refractivity contribution is -0.385. The van der Waals surface area contributed by atoms with Crippen LogP contribution in [0.3, 0.4) is 0 Å². The van der Waals surface area contributed by atoms with Crippen LogP contribution in [0.15, 0.2) is 42.5 Å². The molecule has 0 atom stereocenters. The van der Waals surface area contributed by atoms with E-state index in [2.05, 4.69) is 4.90 Å². The highest BCUT2D eigenvalue weighted by Gasteiger charge is 2.17. The van der Waals surface area contributed by atoms with Crippen LogP contribution in [-0.2, 0) is 11.2 Å². The number of rotatable bonds is 7. The fourth-order valence-corrected chi connectivity index (χ4v) is 3.01. The highest BCUT2D eigenvalue weighted by Crippen LogP contribution is 2.32. The van der Waals surface area contributed by atoms with Gasteiger partial charge in [-0.15, -0.1) is 0 Å². The first-order valence-corrected chi connectivity index (χ1v) is 8.94. The lowest BCUT2D eigenvalue weighted by atomic mass is 10.1. The molecular weight excluding hydrogens is 332 g/mol. The molecule has 0 aliphatic carbocycles. The van der Waals surface area contributed by atoms with E-state index in [0.717, 1.165) is 56.8 Å². The molecule has 1 fully saturated rings. The Bertz CT molecular complexity index is 740. The summed E-state index contributed by atoms with van der Waals surface area (Å²) in [6, 6.07) is 12.7. The number of hydrogen-bond donors (Lipinski definition) is 0. The maximum absolute atomic E-state index is 11.4. The van der Waals surface area contributed by atoms with E-state index in [1.54, 1.807) is 12.1 Å². The van der Waals surface area contributed by atoms with Crippen molar-refractivity contribution in [3.63, 3.8) is 0 Å². The van der Waals surface area contributed by atoms with Gasteiger partial charge in [0, 0.05) is 19.2 Å². The van der Waals surface area contributed by atoms with Crippen molar-refractivity contribution in [1.29, 1.82) is 0 Å². The molecule has 138 valence electrons. The summed E-state index contributed by atoms with van der Waals surface area (Å²) < 4.78 is 11.1. The van der Waals surface area contributed by atoms with Gasteiger partial charge in [-0.1, -0.05) is 23.8 Å². The van der Waals surface area contributed by atoms with Gasteiger partial charge in [0.2, 0.25) is 5.75 Å². The summed E-state index contributed by atoms with van der Waals surface area (Å²) in [4.78, 5) is 13.4. The molecule has 0 N–H and O–H groups in total. The van der Waals surface area contributed by atoms with Crippen molar-refractivity contribution in [1.82, 2.24) is 4.90 Å². The third-order valence-corrected chi connectivity index (χ3v) is 4.51. The molecule has 26 heavy (non-hydrogen) atoms. The number of ether oxygens (including phenoxy) is 2. The lowest BCUT2D eigenvalue weighted by Crippen LogP contribution is -2.36. The fraction of sp³-hybridized carbons (Fsp3) is 0.400. The smallest absolute Gasteiger partial charge is 0.311 e. The van der Waals surface area contributed by atoms with Crippen LogP contribution in [-0.4, -0.2) is 42.7 Å². The molecule has 1 aliphatic heterocycles. The van der Waals surface area contributed by atoms with E-state index < -0.39 is 0 Å². The molecule has 3 rings (SSSR count). The summed E-state index contributed by atoms with van der Waals surface area (Å²) >= 11 is 0. The quantitative estimate of drug-likeness (QED) is 0.555. The summed E-state index contributed by atoms with van der Waals surface area (Å²) in [5, 5.41) is 11.4. The number of benzene rings is 2. The molecule has 0 bridgehead atoms. The van der Waals surface area contributed by atoms with Gasteiger partial charge >= 0.3 is 5.69 Å². The molecule has 0 radical (unpaired) electrons. The zero-order valence-electron chi connectivity index (χ0n) is 15.0. The molecule has 0 saturated carbocycles. The predicted octanol–water partition coefficient (Wildman–Crippen LogP) is 3.96. The minimum Gasteiger partial charge on any atom is -0.450 e. The number of hydrogen-bond acceptors (Lipinski definition) is 5. The van der Waals surface area contributed by atoms with Gasteiger partial charge in [0.25, 0.3) is 0 Å². The average Bonchev–Trinajstić information content (AvgIpc) is 2.65. The Morgan fingerprint density at radius 3 is 2.58 bits per heavy atom. The SMILES string of the molecule is Cc1ccc(Oc2ccc(CCCN3CCOCC3)cc2[N+](=O)[O-])cc1. The number of morpholine rings is 1. The summed E-state index contributed by atoms with van der Waals surface area (Å²) in [5.74, 6) is 0.870. The van der Waals surface area contributed by atoms with Crippen molar-refractivity contribution in [2.45, 2.75) is 19.8 Å². The minimum atomic E-state index is -0.380. The largest absolute Gasteiger partial charge is 0.450 e. The van der Waals surface area contributed by atoms with E-state index in [4.69, 9.17) is 9.47 Å². The zero-order valence-corrected chi connectivity index (χ0v) is 15.0. The van der Waals surface area contributed by atoms with Crippen LogP contribution in [0.25, 0.3) is 0 Å². The Morgan fingerprint density at radius 1 is 1.15 bits per heavy atom. The second kappa shape index (κ2) is 8.78. The monoisotopic (exact) mass is 356 g/mol. The van der Waals surface area contributed by atoms with E-state index in [1.165, 1.54) is 0 Å². The molecule has 2 aromatic carbocycles. The van der Waals surface area contributed by atoms with Crippen LogP contribution in [0.5, 0.6) is 11.5 Å². The topological polar surface area (TPSA) is 64.8 Å². The van der Waals surface area contributed by atoms with Crippen molar-refractivity contribution >= 4 is 5.69 Å². The number of nitro benzene ring substituents is 1. The van der Waals surface area contributed by atoms with Crippen molar-refractivity contribution in [2.24, 2.45) is 0 Å². The standard InChI is InChI=1S/C20H24N2O4/c1-16-4-7-18(8-5-16)26-20-9-6-17(15-19(20)22(23)24)3-2-10-21-11-13-25-14-12-21/h4-9,15H,2-3,10-14H2,1H3. The van der Waals surface area contributed by atoms with Gasteiger partial charge < -0.3 is 9.47 Å².